The molecule has 0 unspecified atom stereocenters. The van der Waals surface area contributed by atoms with Gasteiger partial charge in [-0.2, -0.15) is 13.2 Å². The minimum absolute atomic E-state index is 0.233. The van der Waals surface area contributed by atoms with E-state index in [1.54, 1.807) is 24.3 Å². The van der Waals surface area contributed by atoms with Crippen LogP contribution in [0.5, 0.6) is 0 Å². The summed E-state index contributed by atoms with van der Waals surface area (Å²) in [6, 6.07) is 6.86. The molecule has 0 saturated carbocycles. The van der Waals surface area contributed by atoms with Gasteiger partial charge in [0.15, 0.2) is 0 Å². The van der Waals surface area contributed by atoms with Gasteiger partial charge >= 0.3 is 6.18 Å². The van der Waals surface area contributed by atoms with Crippen LogP contribution in [0.2, 0.25) is 0 Å². The lowest BCUT2D eigenvalue weighted by molar-refractivity contribution is -0.144. The van der Waals surface area contributed by atoms with Gasteiger partial charge in [0, 0.05) is 12.1 Å². The molecule has 0 saturated heterocycles. The number of hydrogen-bond donors (Lipinski definition) is 1. The number of alkyl halides is 3. The van der Waals surface area contributed by atoms with E-state index >= 15 is 0 Å². The lowest BCUT2D eigenvalue weighted by atomic mass is 10.1. The summed E-state index contributed by atoms with van der Waals surface area (Å²) >= 11 is 4.78. The van der Waals surface area contributed by atoms with Gasteiger partial charge in [-0.25, -0.2) is 0 Å². The van der Waals surface area contributed by atoms with Crippen LogP contribution >= 0.6 is 12.2 Å². The normalized spacial score (nSPS) is 11.8. The van der Waals surface area contributed by atoms with Crippen molar-refractivity contribution in [3.63, 3.8) is 0 Å². The summed E-state index contributed by atoms with van der Waals surface area (Å²) in [5.41, 5.74) is 6.92. The first kappa shape index (κ1) is 13.9. The van der Waals surface area contributed by atoms with Crippen molar-refractivity contribution in [2.45, 2.75) is 12.7 Å². The first-order chi connectivity index (χ1) is 7.78. The molecule has 2 nitrogen and oxygen atoms in total. The van der Waals surface area contributed by atoms with Crippen LogP contribution in [0.4, 0.5) is 13.2 Å². The summed E-state index contributed by atoms with van der Waals surface area (Å²) in [5, 5.41) is 0. The van der Waals surface area contributed by atoms with Crippen LogP contribution in [0.3, 0.4) is 0 Å². The van der Waals surface area contributed by atoms with E-state index in [0.717, 1.165) is 5.56 Å². The monoisotopic (exact) mass is 262 g/mol. The molecular weight excluding hydrogens is 249 g/mol. The number of halogens is 3. The maximum absolute atomic E-state index is 12.1. The van der Waals surface area contributed by atoms with Gasteiger partial charge < -0.3 is 5.73 Å². The van der Waals surface area contributed by atoms with Crippen molar-refractivity contribution in [3.8, 4) is 0 Å². The van der Waals surface area contributed by atoms with E-state index < -0.39 is 12.7 Å². The number of rotatable bonds is 4. The Labute approximate surface area is 103 Å². The Balaban J connectivity index is 2.60. The quantitative estimate of drug-likeness (QED) is 0.844. The van der Waals surface area contributed by atoms with Gasteiger partial charge in [0.05, 0.1) is 6.54 Å². The molecule has 1 aromatic carbocycles. The van der Waals surface area contributed by atoms with Crippen molar-refractivity contribution in [3.05, 3.63) is 35.4 Å². The minimum atomic E-state index is -4.17. The lowest BCUT2D eigenvalue weighted by Gasteiger charge is -2.18. The minimum Gasteiger partial charge on any atom is -0.389 e. The van der Waals surface area contributed by atoms with Gasteiger partial charge in [0.1, 0.15) is 4.99 Å². The molecule has 0 heterocycles. The summed E-state index contributed by atoms with van der Waals surface area (Å²) in [6.07, 6.45) is -4.17. The Morgan fingerprint density at radius 2 is 1.82 bits per heavy atom. The SMILES string of the molecule is CN(Cc1ccc(C(N)=S)cc1)CC(F)(F)F. The van der Waals surface area contributed by atoms with E-state index in [0.29, 0.717) is 5.56 Å². The van der Waals surface area contributed by atoms with Crippen molar-refractivity contribution in [2.75, 3.05) is 13.6 Å². The zero-order valence-electron chi connectivity index (χ0n) is 9.29. The van der Waals surface area contributed by atoms with Gasteiger partial charge in [-0.3, -0.25) is 4.90 Å². The molecule has 0 aliphatic heterocycles. The molecule has 0 spiro atoms. The van der Waals surface area contributed by atoms with Crippen LogP contribution in [0.15, 0.2) is 24.3 Å². The van der Waals surface area contributed by atoms with E-state index in [2.05, 4.69) is 0 Å². The summed E-state index contributed by atoms with van der Waals surface area (Å²) in [7, 11) is 1.43. The van der Waals surface area contributed by atoms with Crippen LogP contribution in [-0.4, -0.2) is 29.7 Å². The zero-order chi connectivity index (χ0) is 13.1. The first-order valence-corrected chi connectivity index (χ1v) is 5.33. The average molecular weight is 262 g/mol. The summed E-state index contributed by atoms with van der Waals surface area (Å²) in [4.78, 5) is 1.48. The number of benzene rings is 1. The fourth-order valence-corrected chi connectivity index (χ4v) is 1.58. The molecule has 0 fully saturated rings. The van der Waals surface area contributed by atoms with Crippen molar-refractivity contribution < 1.29 is 13.2 Å². The highest BCUT2D eigenvalue weighted by atomic mass is 32.1. The molecule has 0 amide bonds. The maximum Gasteiger partial charge on any atom is 0.401 e. The fraction of sp³-hybridized carbons (Fsp3) is 0.364. The molecule has 1 aromatic rings. The van der Waals surface area contributed by atoms with Crippen molar-refractivity contribution in [1.82, 2.24) is 4.90 Å². The first-order valence-electron chi connectivity index (χ1n) is 4.92. The second-order valence-corrected chi connectivity index (χ2v) is 4.29. The van der Waals surface area contributed by atoms with Crippen LogP contribution in [0.1, 0.15) is 11.1 Å². The topological polar surface area (TPSA) is 29.3 Å². The zero-order valence-corrected chi connectivity index (χ0v) is 10.1. The fourth-order valence-electron chi connectivity index (χ4n) is 1.45. The number of nitrogens with two attached hydrogens (primary N) is 1. The molecule has 6 heteroatoms. The van der Waals surface area contributed by atoms with Crippen LogP contribution in [-0.2, 0) is 6.54 Å². The van der Waals surface area contributed by atoms with E-state index in [9.17, 15) is 13.2 Å². The highest BCUT2D eigenvalue weighted by molar-refractivity contribution is 7.80. The highest BCUT2D eigenvalue weighted by Gasteiger charge is 2.28. The Morgan fingerprint density at radius 3 is 2.24 bits per heavy atom. The second-order valence-electron chi connectivity index (χ2n) is 3.85. The molecule has 0 aliphatic carbocycles. The third-order valence-electron chi connectivity index (χ3n) is 2.14. The lowest BCUT2D eigenvalue weighted by Crippen LogP contribution is -2.30. The average Bonchev–Trinajstić information content (AvgIpc) is 2.15. The predicted molar refractivity (Wildman–Crippen MR) is 64.7 cm³/mol. The molecule has 0 bridgehead atoms. The number of thiocarbonyl (C=S) groups is 1. The standard InChI is InChI=1S/C11H13F3N2S/c1-16(7-11(12,13)14)6-8-2-4-9(5-3-8)10(15)17/h2-5H,6-7H2,1H3,(H2,15,17). The third kappa shape index (κ3) is 5.14. The molecule has 0 aromatic heterocycles. The van der Waals surface area contributed by atoms with Crippen molar-refractivity contribution in [1.29, 1.82) is 0 Å². The molecule has 0 atom stereocenters. The van der Waals surface area contributed by atoms with E-state index in [1.807, 2.05) is 0 Å². The molecule has 2 N–H and O–H groups in total. The van der Waals surface area contributed by atoms with Crippen molar-refractivity contribution in [2.24, 2.45) is 5.73 Å². The Bertz CT molecular complexity index is 387. The van der Waals surface area contributed by atoms with Gasteiger partial charge in [-0.05, 0) is 12.6 Å². The molecule has 94 valence electrons. The Morgan fingerprint density at radius 1 is 1.29 bits per heavy atom. The third-order valence-corrected chi connectivity index (χ3v) is 2.38. The van der Waals surface area contributed by atoms with Gasteiger partial charge in [0.25, 0.3) is 0 Å². The van der Waals surface area contributed by atoms with E-state index in [1.165, 1.54) is 11.9 Å². The van der Waals surface area contributed by atoms with Gasteiger partial charge in [0.2, 0.25) is 0 Å². The Hall–Kier alpha value is -1.14. The number of nitrogens with zero attached hydrogens (tertiary/aromatic N) is 1. The van der Waals surface area contributed by atoms with Crippen LogP contribution in [0.25, 0.3) is 0 Å². The molecule has 0 aliphatic rings. The van der Waals surface area contributed by atoms with Crippen LogP contribution < -0.4 is 5.73 Å². The largest absolute Gasteiger partial charge is 0.401 e. The second kappa shape index (κ2) is 5.46. The van der Waals surface area contributed by atoms with Crippen molar-refractivity contribution >= 4 is 17.2 Å². The van der Waals surface area contributed by atoms with Gasteiger partial charge in [-0.1, -0.05) is 36.5 Å². The summed E-state index contributed by atoms with van der Waals surface area (Å²) in [5.74, 6) is 0. The predicted octanol–water partition coefficient (Wildman–Crippen LogP) is 2.31. The van der Waals surface area contributed by atoms with Gasteiger partial charge in [-0.15, -0.1) is 0 Å². The van der Waals surface area contributed by atoms with E-state index in [4.69, 9.17) is 18.0 Å². The maximum atomic E-state index is 12.1. The molecular formula is C11H13F3N2S. The molecule has 1 rings (SSSR count). The smallest absolute Gasteiger partial charge is 0.389 e. The van der Waals surface area contributed by atoms with E-state index in [-0.39, 0.29) is 11.5 Å². The highest BCUT2D eigenvalue weighted by Crippen LogP contribution is 2.17. The Kier molecular flexibility index (Phi) is 4.47. The number of hydrogen-bond acceptors (Lipinski definition) is 2. The van der Waals surface area contributed by atoms with Crippen LogP contribution in [0, 0.1) is 0 Å². The summed E-state index contributed by atoms with van der Waals surface area (Å²) < 4.78 is 36.3. The molecule has 17 heavy (non-hydrogen) atoms. The molecule has 0 radical (unpaired) electrons. The summed E-state index contributed by atoms with van der Waals surface area (Å²) in [6.45, 7) is -0.693.